The fourth-order valence-corrected chi connectivity index (χ4v) is 4.88. The molecule has 0 spiro atoms. The van der Waals surface area contributed by atoms with Gasteiger partial charge < -0.3 is 23.7 Å². The summed E-state index contributed by atoms with van der Waals surface area (Å²) in [5.41, 5.74) is 2.99. The zero-order valence-electron chi connectivity index (χ0n) is 22.3. The molecular formula is C30H36O8S. The first-order valence-electron chi connectivity index (χ1n) is 12.9. The molecule has 1 aliphatic rings. The van der Waals surface area contributed by atoms with Crippen molar-refractivity contribution in [2.45, 2.75) is 56.9 Å². The fraction of sp³-hybridized carbons (Fsp3) is 0.400. The molecule has 1 unspecified atom stereocenters. The lowest BCUT2D eigenvalue weighted by Gasteiger charge is -2.45. The van der Waals surface area contributed by atoms with Crippen LogP contribution in [0.15, 0.2) is 91.0 Å². The van der Waals surface area contributed by atoms with Crippen LogP contribution in [0.1, 0.15) is 23.1 Å². The molecule has 1 heterocycles. The summed E-state index contributed by atoms with van der Waals surface area (Å²) in [6.07, 6.45) is -1.86. The molecule has 5 atom stereocenters. The molecule has 39 heavy (non-hydrogen) atoms. The van der Waals surface area contributed by atoms with Crippen molar-refractivity contribution in [2.24, 2.45) is 0 Å². The molecule has 0 saturated carbocycles. The molecule has 0 radical (unpaired) electrons. The van der Waals surface area contributed by atoms with E-state index in [-0.39, 0.29) is 13.0 Å². The molecule has 0 aromatic heterocycles. The molecule has 0 N–H and O–H groups in total. The molecule has 0 bridgehead atoms. The maximum absolute atomic E-state index is 11.6. The summed E-state index contributed by atoms with van der Waals surface area (Å²) in [6.45, 7) is 0.900. The van der Waals surface area contributed by atoms with Crippen molar-refractivity contribution < 1.29 is 36.3 Å². The maximum atomic E-state index is 11.6. The van der Waals surface area contributed by atoms with Crippen LogP contribution in [0.5, 0.6) is 0 Å². The van der Waals surface area contributed by atoms with Crippen molar-refractivity contribution in [2.75, 3.05) is 20.0 Å². The third-order valence-electron chi connectivity index (χ3n) is 6.38. The summed E-state index contributed by atoms with van der Waals surface area (Å²) in [5, 5.41) is 0. The van der Waals surface area contributed by atoms with Crippen molar-refractivity contribution >= 4 is 10.1 Å². The van der Waals surface area contributed by atoms with Gasteiger partial charge in [-0.3, -0.25) is 4.18 Å². The predicted octanol–water partition coefficient (Wildman–Crippen LogP) is 4.48. The van der Waals surface area contributed by atoms with Gasteiger partial charge in [0.15, 0.2) is 6.29 Å². The number of benzene rings is 3. The Balaban J connectivity index is 1.60. The van der Waals surface area contributed by atoms with Crippen LogP contribution in [0.3, 0.4) is 0 Å². The average molecular weight is 557 g/mol. The van der Waals surface area contributed by atoms with E-state index < -0.39 is 40.8 Å². The number of methoxy groups -OCH3 is 1. The monoisotopic (exact) mass is 556 g/mol. The fourth-order valence-electron chi connectivity index (χ4n) is 4.48. The van der Waals surface area contributed by atoms with E-state index in [0.717, 1.165) is 22.9 Å². The molecular weight excluding hydrogens is 520 g/mol. The molecule has 3 aromatic carbocycles. The Hall–Kier alpha value is -2.63. The molecule has 0 amide bonds. The van der Waals surface area contributed by atoms with Gasteiger partial charge in [-0.15, -0.1) is 0 Å². The average Bonchev–Trinajstić information content (AvgIpc) is 2.95. The zero-order chi connectivity index (χ0) is 27.5. The van der Waals surface area contributed by atoms with Crippen molar-refractivity contribution in [3.63, 3.8) is 0 Å². The summed E-state index contributed by atoms with van der Waals surface area (Å²) >= 11 is 0. The molecule has 1 saturated heterocycles. The second-order valence-electron chi connectivity index (χ2n) is 9.38. The second kappa shape index (κ2) is 14.7. The van der Waals surface area contributed by atoms with Gasteiger partial charge in [0, 0.05) is 13.5 Å². The van der Waals surface area contributed by atoms with E-state index in [2.05, 4.69) is 0 Å². The Morgan fingerprint density at radius 3 is 1.54 bits per heavy atom. The SMILES string of the molecule is COC1O[C@@H](CCOS(C)(=O)=O)[C@@H](OCc2ccccc2)[C@@H](OCc2ccccc2)[C@H]1OCc1ccccc1. The van der Waals surface area contributed by atoms with Crippen molar-refractivity contribution in [3.8, 4) is 0 Å². The summed E-state index contributed by atoms with van der Waals surface area (Å²) in [4.78, 5) is 0. The lowest BCUT2D eigenvalue weighted by molar-refractivity contribution is -0.319. The maximum Gasteiger partial charge on any atom is 0.264 e. The quantitative estimate of drug-likeness (QED) is 0.269. The Labute approximate surface area is 230 Å². The summed E-state index contributed by atoms with van der Waals surface area (Å²) in [7, 11) is -2.06. The third kappa shape index (κ3) is 9.22. The van der Waals surface area contributed by atoms with Crippen LogP contribution in [0.2, 0.25) is 0 Å². The van der Waals surface area contributed by atoms with E-state index in [0.29, 0.717) is 19.8 Å². The molecule has 210 valence electrons. The largest absolute Gasteiger partial charge is 0.368 e. The highest BCUT2D eigenvalue weighted by atomic mass is 32.2. The lowest BCUT2D eigenvalue weighted by atomic mass is 9.95. The Kier molecular flexibility index (Phi) is 11.0. The van der Waals surface area contributed by atoms with Crippen molar-refractivity contribution in [1.29, 1.82) is 0 Å². The highest BCUT2D eigenvalue weighted by molar-refractivity contribution is 7.85. The Bertz CT molecular complexity index is 1210. The first kappa shape index (κ1) is 29.4. The van der Waals surface area contributed by atoms with Crippen LogP contribution in [0, 0.1) is 0 Å². The number of hydrogen-bond donors (Lipinski definition) is 0. The van der Waals surface area contributed by atoms with E-state index >= 15 is 0 Å². The first-order valence-corrected chi connectivity index (χ1v) is 14.7. The van der Waals surface area contributed by atoms with Gasteiger partial charge in [0.25, 0.3) is 10.1 Å². The highest BCUT2D eigenvalue weighted by Crippen LogP contribution is 2.32. The lowest BCUT2D eigenvalue weighted by Crippen LogP contribution is -2.60. The van der Waals surface area contributed by atoms with Crippen LogP contribution < -0.4 is 0 Å². The van der Waals surface area contributed by atoms with E-state index in [4.69, 9.17) is 27.9 Å². The van der Waals surface area contributed by atoms with Gasteiger partial charge in [0.2, 0.25) is 0 Å². The van der Waals surface area contributed by atoms with Gasteiger partial charge in [-0.1, -0.05) is 91.0 Å². The van der Waals surface area contributed by atoms with Crippen LogP contribution in [0.4, 0.5) is 0 Å². The predicted molar refractivity (Wildman–Crippen MR) is 146 cm³/mol. The summed E-state index contributed by atoms with van der Waals surface area (Å²) in [5.74, 6) is 0. The van der Waals surface area contributed by atoms with Gasteiger partial charge >= 0.3 is 0 Å². The van der Waals surface area contributed by atoms with Crippen LogP contribution >= 0.6 is 0 Å². The van der Waals surface area contributed by atoms with Gasteiger partial charge in [-0.05, 0) is 16.7 Å². The smallest absolute Gasteiger partial charge is 0.264 e. The molecule has 4 rings (SSSR count). The number of hydrogen-bond acceptors (Lipinski definition) is 8. The second-order valence-corrected chi connectivity index (χ2v) is 11.0. The van der Waals surface area contributed by atoms with Crippen LogP contribution in [-0.2, 0) is 57.8 Å². The van der Waals surface area contributed by atoms with Gasteiger partial charge in [-0.25, -0.2) is 0 Å². The van der Waals surface area contributed by atoms with Crippen molar-refractivity contribution in [1.82, 2.24) is 0 Å². The first-order chi connectivity index (χ1) is 18.9. The summed E-state index contributed by atoms with van der Waals surface area (Å²) < 4.78 is 59.6. The van der Waals surface area contributed by atoms with E-state index in [1.807, 2.05) is 91.0 Å². The number of ether oxygens (including phenoxy) is 5. The topological polar surface area (TPSA) is 89.5 Å². The van der Waals surface area contributed by atoms with Gasteiger partial charge in [0.1, 0.15) is 18.3 Å². The standard InChI is InChI=1S/C30H36O8S/c1-33-30-29(36-22-25-16-10-5-11-17-25)28(35-21-24-14-8-4-9-15-24)27(34-20-23-12-6-3-7-13-23)26(38-30)18-19-37-39(2,31)32/h3-17,26-30H,18-22H2,1-2H3/t26-,27+,28+,29+,30?/m0/s1. The molecule has 8 nitrogen and oxygen atoms in total. The van der Waals surface area contributed by atoms with E-state index in [1.54, 1.807) is 7.11 Å². The molecule has 1 aliphatic heterocycles. The Morgan fingerprint density at radius 2 is 1.10 bits per heavy atom. The van der Waals surface area contributed by atoms with Crippen LogP contribution in [0.25, 0.3) is 0 Å². The van der Waals surface area contributed by atoms with Crippen LogP contribution in [-0.4, -0.2) is 59.1 Å². The van der Waals surface area contributed by atoms with E-state index in [9.17, 15) is 8.42 Å². The minimum Gasteiger partial charge on any atom is -0.368 e. The molecule has 0 aliphatic carbocycles. The van der Waals surface area contributed by atoms with Gasteiger partial charge in [0.05, 0.1) is 38.8 Å². The molecule has 1 fully saturated rings. The molecule has 9 heteroatoms. The normalized spacial score (nSPS) is 23.5. The summed E-state index contributed by atoms with van der Waals surface area (Å²) in [6, 6.07) is 29.5. The minimum atomic E-state index is -3.61. The zero-order valence-corrected chi connectivity index (χ0v) is 23.1. The minimum absolute atomic E-state index is 0.0634. The van der Waals surface area contributed by atoms with Crippen molar-refractivity contribution in [3.05, 3.63) is 108 Å². The highest BCUT2D eigenvalue weighted by Gasteiger charge is 2.48. The number of rotatable bonds is 14. The van der Waals surface area contributed by atoms with Gasteiger partial charge in [-0.2, -0.15) is 8.42 Å². The van der Waals surface area contributed by atoms with E-state index in [1.165, 1.54) is 0 Å². The molecule has 3 aromatic rings. The Morgan fingerprint density at radius 1 is 0.667 bits per heavy atom. The third-order valence-corrected chi connectivity index (χ3v) is 6.97.